The van der Waals surface area contributed by atoms with E-state index in [9.17, 15) is 0 Å². The van der Waals surface area contributed by atoms with E-state index in [-0.39, 0.29) is 4.08 Å². The van der Waals surface area contributed by atoms with Crippen LogP contribution in [0.25, 0.3) is 0 Å². The molecule has 0 amide bonds. The number of thioether (sulfide) groups is 2. The summed E-state index contributed by atoms with van der Waals surface area (Å²) in [4.78, 5) is 0. The van der Waals surface area contributed by atoms with Crippen LogP contribution in [0.2, 0.25) is 0 Å². The summed E-state index contributed by atoms with van der Waals surface area (Å²) in [5.74, 6) is 2.51. The molecule has 0 aromatic heterocycles. The predicted molar refractivity (Wildman–Crippen MR) is 72.5 cm³/mol. The Labute approximate surface area is 101 Å². The number of benzene rings is 1. The minimum absolute atomic E-state index is 0.243. The van der Waals surface area contributed by atoms with Gasteiger partial charge in [-0.15, -0.1) is 30.1 Å². The highest BCUT2D eigenvalue weighted by molar-refractivity contribution is 8.20. The summed E-state index contributed by atoms with van der Waals surface area (Å²) in [6.07, 6.45) is 1.09. The van der Waals surface area contributed by atoms with Crippen molar-refractivity contribution in [2.75, 3.05) is 11.5 Å². The zero-order valence-corrected chi connectivity index (χ0v) is 10.7. The first-order valence-corrected chi connectivity index (χ1v) is 7.18. The first-order valence-electron chi connectivity index (χ1n) is 5.21. The highest BCUT2D eigenvalue weighted by Crippen LogP contribution is 2.55. The smallest absolute Gasteiger partial charge is 0.0897 e. The van der Waals surface area contributed by atoms with Gasteiger partial charge in [-0.25, -0.2) is 0 Å². The van der Waals surface area contributed by atoms with Gasteiger partial charge in [0.2, 0.25) is 0 Å². The van der Waals surface area contributed by atoms with Crippen molar-refractivity contribution in [1.82, 2.24) is 0 Å². The van der Waals surface area contributed by atoms with Gasteiger partial charge in [0.25, 0.3) is 0 Å². The molecule has 1 aromatic rings. The van der Waals surface area contributed by atoms with Gasteiger partial charge in [0.15, 0.2) is 0 Å². The predicted octanol–water partition coefficient (Wildman–Crippen LogP) is 4.29. The van der Waals surface area contributed by atoms with E-state index >= 15 is 0 Å². The Bertz CT molecular complexity index is 337. The molecule has 0 bridgehead atoms. The van der Waals surface area contributed by atoms with Gasteiger partial charge >= 0.3 is 0 Å². The summed E-state index contributed by atoms with van der Waals surface area (Å²) in [5.41, 5.74) is 2.72. The van der Waals surface area contributed by atoms with Crippen LogP contribution < -0.4 is 0 Å². The van der Waals surface area contributed by atoms with Gasteiger partial charge in [-0.2, -0.15) is 0 Å². The molecule has 1 aromatic carbocycles. The lowest BCUT2D eigenvalue weighted by molar-refractivity contribution is 0.863. The minimum atomic E-state index is 0.243. The first-order chi connectivity index (χ1) is 7.23. The molecule has 1 heterocycles. The molecule has 1 fully saturated rings. The van der Waals surface area contributed by atoms with E-state index in [0.29, 0.717) is 0 Å². The van der Waals surface area contributed by atoms with E-state index in [1.807, 2.05) is 0 Å². The third-order valence-corrected chi connectivity index (χ3v) is 5.98. The fourth-order valence-electron chi connectivity index (χ4n) is 1.91. The average Bonchev–Trinajstić information content (AvgIpc) is 2.68. The lowest BCUT2D eigenvalue weighted by atomic mass is 10.1. The molecule has 2 heteroatoms. The van der Waals surface area contributed by atoms with Gasteiger partial charge in [-0.05, 0) is 18.9 Å². The van der Waals surface area contributed by atoms with Crippen molar-refractivity contribution in [3.63, 3.8) is 0 Å². The van der Waals surface area contributed by atoms with Crippen molar-refractivity contribution in [1.29, 1.82) is 0 Å². The molecule has 0 aliphatic carbocycles. The Morgan fingerprint density at radius 3 is 2.40 bits per heavy atom. The van der Waals surface area contributed by atoms with Crippen LogP contribution in [0.1, 0.15) is 18.9 Å². The quantitative estimate of drug-likeness (QED) is 0.718. The molecule has 0 unspecified atom stereocenters. The van der Waals surface area contributed by atoms with Crippen molar-refractivity contribution >= 4 is 23.5 Å². The van der Waals surface area contributed by atoms with Crippen molar-refractivity contribution in [2.45, 2.75) is 17.4 Å². The highest BCUT2D eigenvalue weighted by Gasteiger charge is 2.36. The van der Waals surface area contributed by atoms with Crippen LogP contribution in [0, 0.1) is 0 Å². The molecular formula is C13H16S2. The van der Waals surface area contributed by atoms with E-state index in [1.165, 1.54) is 22.6 Å². The molecule has 1 aliphatic rings. The number of allylic oxidation sites excluding steroid dienone is 1. The first kappa shape index (κ1) is 11.2. The van der Waals surface area contributed by atoms with Crippen molar-refractivity contribution in [3.05, 3.63) is 48.0 Å². The van der Waals surface area contributed by atoms with Crippen LogP contribution in [0.3, 0.4) is 0 Å². The lowest BCUT2D eigenvalue weighted by Crippen LogP contribution is -2.14. The summed E-state index contributed by atoms with van der Waals surface area (Å²) >= 11 is 4.15. The lowest BCUT2D eigenvalue weighted by Gasteiger charge is -2.28. The topological polar surface area (TPSA) is 0 Å². The Kier molecular flexibility index (Phi) is 3.47. The van der Waals surface area contributed by atoms with Crippen molar-refractivity contribution < 1.29 is 0 Å². The number of rotatable bonds is 3. The number of hydrogen-bond acceptors (Lipinski definition) is 2. The molecular weight excluding hydrogens is 220 g/mol. The normalized spacial score (nSPS) is 19.0. The summed E-state index contributed by atoms with van der Waals surface area (Å²) in [7, 11) is 0. The Morgan fingerprint density at radius 1 is 1.27 bits per heavy atom. The summed E-state index contributed by atoms with van der Waals surface area (Å²) in [6, 6.07) is 10.8. The van der Waals surface area contributed by atoms with Crippen molar-refractivity contribution in [3.8, 4) is 0 Å². The molecule has 15 heavy (non-hydrogen) atoms. The van der Waals surface area contributed by atoms with E-state index in [4.69, 9.17) is 0 Å². The number of hydrogen-bond donors (Lipinski definition) is 0. The molecule has 1 saturated heterocycles. The fourth-order valence-corrected chi connectivity index (χ4v) is 5.38. The monoisotopic (exact) mass is 236 g/mol. The molecule has 0 spiro atoms. The summed E-state index contributed by atoms with van der Waals surface area (Å²) < 4.78 is 0.243. The zero-order valence-electron chi connectivity index (χ0n) is 9.03. The van der Waals surface area contributed by atoms with Gasteiger partial charge in [0, 0.05) is 11.5 Å². The van der Waals surface area contributed by atoms with Crippen LogP contribution in [0.4, 0.5) is 0 Å². The average molecular weight is 236 g/mol. The van der Waals surface area contributed by atoms with Crippen molar-refractivity contribution in [2.24, 2.45) is 0 Å². The van der Waals surface area contributed by atoms with E-state index < -0.39 is 0 Å². The standard InChI is InChI=1S/C13H16S2/c1-11(2)10-13(14-8-9-15-13)12-6-4-3-5-7-12/h3-7H,1,8-10H2,2H3. The van der Waals surface area contributed by atoms with Gasteiger partial charge in [0.05, 0.1) is 4.08 Å². The third-order valence-electron chi connectivity index (χ3n) is 2.50. The zero-order chi connectivity index (χ0) is 10.7. The fraction of sp³-hybridized carbons (Fsp3) is 0.385. The Balaban J connectivity index is 2.30. The van der Waals surface area contributed by atoms with E-state index in [1.54, 1.807) is 0 Å². The minimum Gasteiger partial charge on any atom is -0.138 e. The molecule has 0 atom stereocenters. The van der Waals surface area contributed by atoms with Gasteiger partial charge in [-0.1, -0.05) is 35.9 Å². The van der Waals surface area contributed by atoms with Gasteiger partial charge in [-0.3, -0.25) is 0 Å². The summed E-state index contributed by atoms with van der Waals surface area (Å²) in [6.45, 7) is 6.19. The van der Waals surface area contributed by atoms with E-state index in [2.05, 4.69) is 67.4 Å². The van der Waals surface area contributed by atoms with Crippen LogP contribution in [0.15, 0.2) is 42.5 Å². The second-order valence-electron chi connectivity index (χ2n) is 3.95. The Hall–Kier alpha value is -0.340. The van der Waals surface area contributed by atoms with Gasteiger partial charge < -0.3 is 0 Å². The van der Waals surface area contributed by atoms with Gasteiger partial charge in [0.1, 0.15) is 0 Å². The molecule has 0 saturated carbocycles. The summed E-state index contributed by atoms with van der Waals surface area (Å²) in [5, 5.41) is 0. The molecule has 2 rings (SSSR count). The maximum Gasteiger partial charge on any atom is 0.0897 e. The maximum absolute atomic E-state index is 4.06. The second-order valence-corrected chi connectivity index (χ2v) is 7.00. The SMILES string of the molecule is C=C(C)CC1(c2ccccc2)SCCS1. The third kappa shape index (κ3) is 2.43. The van der Waals surface area contributed by atoms with Crippen LogP contribution in [-0.4, -0.2) is 11.5 Å². The highest BCUT2D eigenvalue weighted by atomic mass is 32.2. The maximum atomic E-state index is 4.06. The molecule has 0 nitrogen and oxygen atoms in total. The molecule has 0 radical (unpaired) electrons. The van der Waals surface area contributed by atoms with Crippen LogP contribution in [0.5, 0.6) is 0 Å². The Morgan fingerprint density at radius 2 is 1.87 bits per heavy atom. The largest absolute Gasteiger partial charge is 0.138 e. The van der Waals surface area contributed by atoms with E-state index in [0.717, 1.165) is 6.42 Å². The molecule has 1 aliphatic heterocycles. The van der Waals surface area contributed by atoms with Crippen LogP contribution >= 0.6 is 23.5 Å². The second kappa shape index (κ2) is 4.67. The molecule has 0 N–H and O–H groups in total. The molecule has 80 valence electrons. The van der Waals surface area contributed by atoms with Crippen LogP contribution in [-0.2, 0) is 4.08 Å².